The first-order valence-corrected chi connectivity index (χ1v) is 8.36. The van der Waals surface area contributed by atoms with Crippen LogP contribution in [-0.4, -0.2) is 11.8 Å². The average molecular weight is 399 g/mol. The van der Waals surface area contributed by atoms with Crippen molar-refractivity contribution < 1.29 is 22.8 Å². The Morgan fingerprint density at radius 1 is 0.963 bits per heavy atom. The van der Waals surface area contributed by atoms with Gasteiger partial charge >= 0.3 is 6.18 Å². The molecule has 0 saturated heterocycles. The van der Waals surface area contributed by atoms with E-state index in [2.05, 4.69) is 10.6 Å². The molecule has 0 radical (unpaired) electrons. The standard InChI is InChI=1S/C19H18ClF3N2O2/c1-11-14(20)8-5-9-15(11)25-17(27)18(2,3)16(26)24-13-7-4-6-12(10-13)19(21,22)23/h4-10H,1-3H3,(H,24,26)(H,25,27). The highest BCUT2D eigenvalue weighted by atomic mass is 35.5. The molecule has 27 heavy (non-hydrogen) atoms. The average Bonchev–Trinajstić information content (AvgIpc) is 2.58. The zero-order valence-corrected chi connectivity index (χ0v) is 15.6. The van der Waals surface area contributed by atoms with Crippen molar-refractivity contribution in [2.75, 3.05) is 10.6 Å². The van der Waals surface area contributed by atoms with E-state index in [0.29, 0.717) is 16.3 Å². The predicted molar refractivity (Wildman–Crippen MR) is 98.7 cm³/mol. The van der Waals surface area contributed by atoms with Crippen LogP contribution in [0.1, 0.15) is 25.0 Å². The number of rotatable bonds is 4. The Morgan fingerprint density at radius 3 is 2.19 bits per heavy atom. The Bertz CT molecular complexity index is 879. The number of amides is 2. The van der Waals surface area contributed by atoms with Crippen molar-refractivity contribution in [3.05, 3.63) is 58.6 Å². The maximum atomic E-state index is 12.8. The number of hydrogen-bond donors (Lipinski definition) is 2. The molecule has 2 N–H and O–H groups in total. The van der Waals surface area contributed by atoms with Gasteiger partial charge in [-0.3, -0.25) is 9.59 Å². The fraction of sp³-hybridized carbons (Fsp3) is 0.263. The lowest BCUT2D eigenvalue weighted by molar-refractivity contribution is -0.138. The molecule has 4 nitrogen and oxygen atoms in total. The minimum atomic E-state index is -4.53. The van der Waals surface area contributed by atoms with Crippen LogP contribution in [0.3, 0.4) is 0 Å². The molecule has 0 aliphatic carbocycles. The van der Waals surface area contributed by atoms with Crippen LogP contribution in [0.4, 0.5) is 24.5 Å². The van der Waals surface area contributed by atoms with E-state index in [9.17, 15) is 22.8 Å². The van der Waals surface area contributed by atoms with E-state index in [1.165, 1.54) is 26.0 Å². The molecule has 0 aliphatic heterocycles. The van der Waals surface area contributed by atoms with Gasteiger partial charge in [0.2, 0.25) is 11.8 Å². The predicted octanol–water partition coefficient (Wildman–Crippen LogP) is 5.27. The summed E-state index contributed by atoms with van der Waals surface area (Å²) < 4.78 is 38.4. The minimum Gasteiger partial charge on any atom is -0.325 e. The first kappa shape index (κ1) is 20.8. The fourth-order valence-electron chi connectivity index (χ4n) is 2.19. The van der Waals surface area contributed by atoms with Crippen LogP contribution in [0.25, 0.3) is 0 Å². The topological polar surface area (TPSA) is 58.2 Å². The Hall–Kier alpha value is -2.54. The Labute approximate surface area is 159 Å². The Morgan fingerprint density at radius 2 is 1.56 bits per heavy atom. The van der Waals surface area contributed by atoms with Gasteiger partial charge in [-0.1, -0.05) is 23.7 Å². The number of alkyl halides is 3. The molecule has 0 bridgehead atoms. The summed E-state index contributed by atoms with van der Waals surface area (Å²) in [5.74, 6) is -1.35. The van der Waals surface area contributed by atoms with Crippen LogP contribution in [0.5, 0.6) is 0 Å². The summed E-state index contributed by atoms with van der Waals surface area (Å²) >= 11 is 6.01. The van der Waals surface area contributed by atoms with E-state index >= 15 is 0 Å². The summed E-state index contributed by atoms with van der Waals surface area (Å²) in [6.45, 7) is 4.48. The van der Waals surface area contributed by atoms with Crippen LogP contribution >= 0.6 is 11.6 Å². The van der Waals surface area contributed by atoms with Gasteiger partial charge in [0.15, 0.2) is 0 Å². The number of carbonyl (C=O) groups is 2. The normalized spacial score (nSPS) is 11.8. The summed E-state index contributed by atoms with van der Waals surface area (Å²) in [5.41, 5.74) is -1.39. The molecule has 0 aromatic heterocycles. The lowest BCUT2D eigenvalue weighted by Gasteiger charge is -2.23. The summed E-state index contributed by atoms with van der Waals surface area (Å²) in [6, 6.07) is 9.17. The largest absolute Gasteiger partial charge is 0.416 e. The third-order valence-electron chi connectivity index (χ3n) is 4.10. The van der Waals surface area contributed by atoms with E-state index in [0.717, 1.165) is 12.1 Å². The van der Waals surface area contributed by atoms with E-state index in [-0.39, 0.29) is 5.69 Å². The smallest absolute Gasteiger partial charge is 0.325 e. The third kappa shape index (κ3) is 4.80. The molecule has 0 heterocycles. The van der Waals surface area contributed by atoms with Crippen molar-refractivity contribution in [2.45, 2.75) is 26.9 Å². The van der Waals surface area contributed by atoms with E-state index in [4.69, 9.17) is 11.6 Å². The molecular formula is C19H18ClF3N2O2. The first-order chi connectivity index (χ1) is 12.4. The molecule has 0 atom stereocenters. The van der Waals surface area contributed by atoms with Crippen LogP contribution in [-0.2, 0) is 15.8 Å². The fourth-order valence-corrected chi connectivity index (χ4v) is 2.36. The number of halogens is 4. The van der Waals surface area contributed by atoms with E-state index < -0.39 is 29.0 Å². The van der Waals surface area contributed by atoms with Crippen molar-refractivity contribution in [3.8, 4) is 0 Å². The second kappa shape index (κ2) is 7.60. The molecule has 0 saturated carbocycles. The number of carbonyl (C=O) groups excluding carboxylic acids is 2. The van der Waals surface area contributed by atoms with Gasteiger partial charge in [-0.2, -0.15) is 13.2 Å². The molecule has 8 heteroatoms. The van der Waals surface area contributed by atoms with Crippen LogP contribution in [0, 0.1) is 12.3 Å². The highest BCUT2D eigenvalue weighted by Crippen LogP contribution is 2.31. The lowest BCUT2D eigenvalue weighted by atomic mass is 9.90. The SMILES string of the molecule is Cc1c(Cl)cccc1NC(=O)C(C)(C)C(=O)Nc1cccc(C(F)(F)F)c1. The summed E-state index contributed by atoms with van der Waals surface area (Å²) in [4.78, 5) is 25.1. The van der Waals surface area contributed by atoms with Gasteiger partial charge in [0, 0.05) is 16.4 Å². The van der Waals surface area contributed by atoms with Crippen molar-refractivity contribution in [3.63, 3.8) is 0 Å². The van der Waals surface area contributed by atoms with Gasteiger partial charge in [-0.25, -0.2) is 0 Å². The zero-order valence-electron chi connectivity index (χ0n) is 14.9. The van der Waals surface area contributed by atoms with Gasteiger partial charge in [0.1, 0.15) is 5.41 Å². The van der Waals surface area contributed by atoms with Gasteiger partial charge in [-0.15, -0.1) is 0 Å². The molecule has 0 spiro atoms. The number of hydrogen-bond acceptors (Lipinski definition) is 2. The molecule has 0 aliphatic rings. The molecule has 2 amide bonds. The second-order valence-corrected chi connectivity index (χ2v) is 6.93. The molecule has 2 rings (SSSR count). The van der Waals surface area contributed by atoms with Gasteiger partial charge in [-0.05, 0) is 56.7 Å². The summed E-state index contributed by atoms with van der Waals surface area (Å²) in [5, 5.41) is 5.45. The molecule has 2 aromatic rings. The highest BCUT2D eigenvalue weighted by molar-refractivity contribution is 6.31. The van der Waals surface area contributed by atoms with E-state index in [1.54, 1.807) is 25.1 Å². The maximum absolute atomic E-state index is 12.8. The second-order valence-electron chi connectivity index (χ2n) is 6.52. The van der Waals surface area contributed by atoms with Crippen molar-refractivity contribution in [1.29, 1.82) is 0 Å². The van der Waals surface area contributed by atoms with Crippen LogP contribution < -0.4 is 10.6 Å². The van der Waals surface area contributed by atoms with Crippen molar-refractivity contribution in [2.24, 2.45) is 5.41 Å². The zero-order chi connectivity index (χ0) is 20.4. The number of anilines is 2. The first-order valence-electron chi connectivity index (χ1n) is 7.98. The maximum Gasteiger partial charge on any atom is 0.416 e. The van der Waals surface area contributed by atoms with Crippen LogP contribution in [0.15, 0.2) is 42.5 Å². The summed E-state index contributed by atoms with van der Waals surface area (Å²) in [7, 11) is 0. The number of nitrogens with one attached hydrogen (secondary N) is 2. The molecular weight excluding hydrogens is 381 g/mol. The molecule has 0 fully saturated rings. The molecule has 144 valence electrons. The lowest BCUT2D eigenvalue weighted by Crippen LogP contribution is -2.41. The monoisotopic (exact) mass is 398 g/mol. The Balaban J connectivity index is 2.17. The van der Waals surface area contributed by atoms with Gasteiger partial charge < -0.3 is 10.6 Å². The van der Waals surface area contributed by atoms with Crippen molar-refractivity contribution >= 4 is 34.8 Å². The Kier molecular flexibility index (Phi) is 5.85. The van der Waals surface area contributed by atoms with Crippen molar-refractivity contribution in [1.82, 2.24) is 0 Å². The number of benzene rings is 2. The van der Waals surface area contributed by atoms with Crippen LogP contribution in [0.2, 0.25) is 5.02 Å². The van der Waals surface area contributed by atoms with Gasteiger partial charge in [0.25, 0.3) is 0 Å². The van der Waals surface area contributed by atoms with E-state index in [1.807, 2.05) is 0 Å². The summed E-state index contributed by atoms with van der Waals surface area (Å²) in [6.07, 6.45) is -4.53. The molecule has 2 aromatic carbocycles. The quantitative estimate of drug-likeness (QED) is 0.689. The minimum absolute atomic E-state index is 0.0466. The van der Waals surface area contributed by atoms with Gasteiger partial charge in [0.05, 0.1) is 5.56 Å². The highest BCUT2D eigenvalue weighted by Gasteiger charge is 2.37. The molecule has 0 unspecified atom stereocenters. The third-order valence-corrected chi connectivity index (χ3v) is 4.51.